The smallest absolute Gasteiger partial charge is 0.261 e. The molecule has 0 aliphatic carbocycles. The lowest BCUT2D eigenvalue weighted by Gasteiger charge is -2.10. The number of hydrogen-bond acceptors (Lipinski definition) is 4. The summed E-state index contributed by atoms with van der Waals surface area (Å²) in [6.07, 6.45) is 2.52. The van der Waals surface area contributed by atoms with Crippen LogP contribution < -0.4 is 10.7 Å². The number of benzene rings is 1. The summed E-state index contributed by atoms with van der Waals surface area (Å²) in [5, 5.41) is 2.68. The molecule has 1 aliphatic rings. The van der Waals surface area contributed by atoms with Gasteiger partial charge < -0.3 is 19.8 Å². The minimum atomic E-state index is -0.446. The Hall–Kier alpha value is -2.44. The van der Waals surface area contributed by atoms with Crippen molar-refractivity contribution in [1.82, 2.24) is 4.98 Å². The standard InChI is InChI=1S/C15H14N2O4/c18-13-5-6-16-9-12(13)14(19)17-11-3-1-10(2-4-11)15-20-7-8-21-15/h1-6,9,15H,7-8H2,(H,16,18)(H,17,19). The highest BCUT2D eigenvalue weighted by Crippen LogP contribution is 2.24. The fourth-order valence-corrected chi connectivity index (χ4v) is 2.07. The van der Waals surface area contributed by atoms with Gasteiger partial charge in [0.05, 0.1) is 13.2 Å². The second-order valence-corrected chi connectivity index (χ2v) is 4.57. The van der Waals surface area contributed by atoms with Gasteiger partial charge in [-0.2, -0.15) is 0 Å². The zero-order valence-corrected chi connectivity index (χ0v) is 11.2. The van der Waals surface area contributed by atoms with Crippen LogP contribution >= 0.6 is 0 Å². The van der Waals surface area contributed by atoms with Crippen molar-refractivity contribution in [2.75, 3.05) is 18.5 Å². The molecule has 21 heavy (non-hydrogen) atoms. The van der Waals surface area contributed by atoms with Gasteiger partial charge in [-0.25, -0.2) is 0 Å². The van der Waals surface area contributed by atoms with E-state index in [0.717, 1.165) is 5.56 Å². The summed E-state index contributed by atoms with van der Waals surface area (Å²) in [5.74, 6) is -0.446. The predicted molar refractivity (Wildman–Crippen MR) is 76.1 cm³/mol. The number of ether oxygens (including phenoxy) is 2. The quantitative estimate of drug-likeness (QED) is 0.899. The van der Waals surface area contributed by atoms with Crippen LogP contribution in [0.5, 0.6) is 0 Å². The largest absolute Gasteiger partial charge is 0.367 e. The fourth-order valence-electron chi connectivity index (χ4n) is 2.07. The number of pyridine rings is 1. The lowest BCUT2D eigenvalue weighted by Crippen LogP contribution is -2.20. The number of amides is 1. The van der Waals surface area contributed by atoms with Crippen LogP contribution in [0.1, 0.15) is 22.2 Å². The summed E-state index contributed by atoms with van der Waals surface area (Å²) in [5.41, 5.74) is 1.24. The number of anilines is 1. The van der Waals surface area contributed by atoms with Gasteiger partial charge in [0.15, 0.2) is 11.7 Å². The summed E-state index contributed by atoms with van der Waals surface area (Å²) in [6, 6.07) is 8.44. The summed E-state index contributed by atoms with van der Waals surface area (Å²) in [4.78, 5) is 26.3. The van der Waals surface area contributed by atoms with Crippen LogP contribution in [-0.2, 0) is 9.47 Å². The summed E-state index contributed by atoms with van der Waals surface area (Å²) >= 11 is 0. The van der Waals surface area contributed by atoms with E-state index in [2.05, 4.69) is 10.3 Å². The number of hydrogen-bond donors (Lipinski definition) is 2. The predicted octanol–water partition coefficient (Wildman–Crippen LogP) is 1.67. The number of nitrogens with one attached hydrogen (secondary N) is 2. The topological polar surface area (TPSA) is 80.4 Å². The van der Waals surface area contributed by atoms with Gasteiger partial charge in [-0.15, -0.1) is 0 Å². The summed E-state index contributed by atoms with van der Waals surface area (Å²) in [6.45, 7) is 1.17. The van der Waals surface area contributed by atoms with Crippen molar-refractivity contribution in [3.63, 3.8) is 0 Å². The third-order valence-electron chi connectivity index (χ3n) is 3.13. The Balaban J connectivity index is 1.72. The molecule has 2 heterocycles. The van der Waals surface area contributed by atoms with Crippen molar-refractivity contribution in [3.8, 4) is 0 Å². The van der Waals surface area contributed by atoms with E-state index in [1.54, 1.807) is 12.1 Å². The van der Waals surface area contributed by atoms with Crippen LogP contribution in [-0.4, -0.2) is 24.1 Å². The Labute approximate surface area is 120 Å². The normalized spacial score (nSPS) is 15.0. The average Bonchev–Trinajstić information content (AvgIpc) is 3.02. The first-order valence-electron chi connectivity index (χ1n) is 6.56. The maximum absolute atomic E-state index is 12.0. The van der Waals surface area contributed by atoms with Crippen LogP contribution in [0, 0.1) is 0 Å². The van der Waals surface area contributed by atoms with E-state index in [0.29, 0.717) is 18.9 Å². The Morgan fingerprint density at radius 1 is 1.14 bits per heavy atom. The molecule has 1 saturated heterocycles. The molecule has 2 aromatic rings. The zero-order valence-electron chi connectivity index (χ0n) is 11.2. The second kappa shape index (κ2) is 5.90. The molecule has 6 heteroatoms. The maximum Gasteiger partial charge on any atom is 0.261 e. The van der Waals surface area contributed by atoms with E-state index >= 15 is 0 Å². The fraction of sp³-hybridized carbons (Fsp3) is 0.200. The van der Waals surface area contributed by atoms with Crippen LogP contribution in [0.3, 0.4) is 0 Å². The number of carbonyl (C=O) groups is 1. The number of rotatable bonds is 3. The van der Waals surface area contributed by atoms with E-state index in [9.17, 15) is 9.59 Å². The molecule has 0 saturated carbocycles. The Kier molecular flexibility index (Phi) is 3.81. The first kappa shape index (κ1) is 13.5. The molecule has 0 bridgehead atoms. The SMILES string of the molecule is O=C(Nc1ccc(C2OCCO2)cc1)c1c[nH]ccc1=O. The average molecular weight is 286 g/mol. The molecule has 2 N–H and O–H groups in total. The minimum Gasteiger partial charge on any atom is -0.367 e. The molecule has 0 spiro atoms. The highest BCUT2D eigenvalue weighted by atomic mass is 16.7. The van der Waals surface area contributed by atoms with Crippen molar-refractivity contribution in [1.29, 1.82) is 0 Å². The van der Waals surface area contributed by atoms with E-state index in [1.807, 2.05) is 12.1 Å². The molecular formula is C15H14N2O4. The highest BCUT2D eigenvalue weighted by molar-refractivity contribution is 6.03. The second-order valence-electron chi connectivity index (χ2n) is 4.57. The molecule has 3 rings (SSSR count). The van der Waals surface area contributed by atoms with E-state index in [-0.39, 0.29) is 17.3 Å². The summed E-state index contributed by atoms with van der Waals surface area (Å²) in [7, 11) is 0. The van der Waals surface area contributed by atoms with Crippen molar-refractivity contribution < 1.29 is 14.3 Å². The van der Waals surface area contributed by atoms with E-state index in [4.69, 9.17) is 9.47 Å². The van der Waals surface area contributed by atoms with Gasteiger partial charge in [-0.1, -0.05) is 12.1 Å². The van der Waals surface area contributed by atoms with Gasteiger partial charge in [-0.05, 0) is 12.1 Å². The van der Waals surface area contributed by atoms with Crippen LogP contribution in [0.15, 0.2) is 47.5 Å². The zero-order chi connectivity index (χ0) is 14.7. The Morgan fingerprint density at radius 3 is 2.52 bits per heavy atom. The number of carbonyl (C=O) groups excluding carboxylic acids is 1. The van der Waals surface area contributed by atoms with Crippen LogP contribution in [0.2, 0.25) is 0 Å². The molecule has 0 radical (unpaired) electrons. The number of aromatic nitrogens is 1. The van der Waals surface area contributed by atoms with Crippen molar-refractivity contribution in [3.05, 3.63) is 64.1 Å². The first-order valence-corrected chi connectivity index (χ1v) is 6.56. The number of aromatic amines is 1. The van der Waals surface area contributed by atoms with Crippen molar-refractivity contribution >= 4 is 11.6 Å². The Bertz CT molecular complexity index is 687. The van der Waals surface area contributed by atoms with E-state index < -0.39 is 5.91 Å². The van der Waals surface area contributed by atoms with Gasteiger partial charge in [-0.3, -0.25) is 9.59 Å². The van der Waals surface area contributed by atoms with Crippen LogP contribution in [0.25, 0.3) is 0 Å². The van der Waals surface area contributed by atoms with Gasteiger partial charge in [0.2, 0.25) is 0 Å². The lowest BCUT2D eigenvalue weighted by molar-refractivity contribution is -0.0441. The Morgan fingerprint density at radius 2 is 1.86 bits per heavy atom. The third kappa shape index (κ3) is 3.01. The monoisotopic (exact) mass is 286 g/mol. The molecule has 0 atom stereocenters. The maximum atomic E-state index is 12.0. The minimum absolute atomic E-state index is 0.0732. The molecule has 108 valence electrons. The molecule has 1 aromatic heterocycles. The summed E-state index contributed by atoms with van der Waals surface area (Å²) < 4.78 is 10.8. The molecule has 1 amide bonds. The lowest BCUT2D eigenvalue weighted by atomic mass is 10.2. The van der Waals surface area contributed by atoms with Gasteiger partial charge in [0, 0.05) is 29.7 Å². The molecule has 0 unspecified atom stereocenters. The molecular weight excluding hydrogens is 272 g/mol. The van der Waals surface area contributed by atoms with Crippen LogP contribution in [0.4, 0.5) is 5.69 Å². The first-order chi connectivity index (χ1) is 10.2. The van der Waals surface area contributed by atoms with Gasteiger partial charge in [0.25, 0.3) is 5.91 Å². The van der Waals surface area contributed by atoms with Gasteiger partial charge in [0.1, 0.15) is 5.56 Å². The van der Waals surface area contributed by atoms with Crippen molar-refractivity contribution in [2.45, 2.75) is 6.29 Å². The molecule has 1 aromatic carbocycles. The highest BCUT2D eigenvalue weighted by Gasteiger charge is 2.18. The number of H-pyrrole nitrogens is 1. The van der Waals surface area contributed by atoms with E-state index in [1.165, 1.54) is 18.5 Å². The van der Waals surface area contributed by atoms with Gasteiger partial charge >= 0.3 is 0 Å². The third-order valence-corrected chi connectivity index (χ3v) is 3.13. The molecule has 1 fully saturated rings. The molecule has 6 nitrogen and oxygen atoms in total. The van der Waals surface area contributed by atoms with Crippen molar-refractivity contribution in [2.24, 2.45) is 0 Å². The molecule has 1 aliphatic heterocycles.